The Bertz CT molecular complexity index is 5010. The third kappa shape index (κ3) is 6.14. The summed E-state index contributed by atoms with van der Waals surface area (Å²) in [6.45, 7) is 8.97. The molecular formula is C72H52N6. The molecule has 0 saturated carbocycles. The number of hydrogen-bond donors (Lipinski definition) is 0. The molecule has 78 heavy (non-hydrogen) atoms. The number of nitrogens with zero attached hydrogens (tertiary/aromatic N) is 6. The molecule has 1 atom stereocenters. The number of para-hydroxylation sites is 6. The highest BCUT2D eigenvalue weighted by atomic mass is 15.2. The topological polar surface area (TPSA) is 29.6 Å². The van der Waals surface area contributed by atoms with E-state index in [0.717, 1.165) is 79.6 Å². The van der Waals surface area contributed by atoms with Gasteiger partial charge in [0.1, 0.15) is 11.3 Å². The van der Waals surface area contributed by atoms with Crippen molar-refractivity contribution in [1.29, 1.82) is 0 Å². The molecular weight excluding hydrogens is 949 g/mol. The lowest BCUT2D eigenvalue weighted by Gasteiger charge is -2.18. The molecule has 16 rings (SSSR count). The Morgan fingerprint density at radius 2 is 0.769 bits per heavy atom. The predicted molar refractivity (Wildman–Crippen MR) is 329 cm³/mol. The van der Waals surface area contributed by atoms with Gasteiger partial charge < -0.3 is 9.13 Å². The summed E-state index contributed by atoms with van der Waals surface area (Å²) in [6, 6.07) is 80.4. The van der Waals surface area contributed by atoms with Crippen LogP contribution in [0.25, 0.3) is 140 Å². The van der Waals surface area contributed by atoms with Gasteiger partial charge in [0.15, 0.2) is 0 Å². The Hall–Kier alpha value is -10.0. The molecule has 6 heterocycles. The molecule has 9 aromatic carbocycles. The zero-order valence-electron chi connectivity index (χ0n) is 43.3. The second kappa shape index (κ2) is 17.0. The van der Waals surface area contributed by atoms with Gasteiger partial charge in [-0.25, -0.2) is 0 Å². The number of rotatable bonds is 8. The molecule has 0 N–H and O–H groups in total. The van der Waals surface area contributed by atoms with Crippen molar-refractivity contribution in [3.63, 3.8) is 0 Å². The Morgan fingerprint density at radius 1 is 0.397 bits per heavy atom. The maximum Gasteiger partial charge on any atom is 0.131 e. The van der Waals surface area contributed by atoms with Crippen molar-refractivity contribution in [3.8, 4) is 34.1 Å². The third-order valence-electron chi connectivity index (χ3n) is 16.7. The van der Waals surface area contributed by atoms with Gasteiger partial charge >= 0.3 is 0 Å². The van der Waals surface area contributed by atoms with Gasteiger partial charge in [-0.2, -0.15) is 0 Å². The van der Waals surface area contributed by atoms with E-state index in [1.54, 1.807) is 0 Å². The van der Waals surface area contributed by atoms with Crippen LogP contribution in [-0.4, -0.2) is 27.4 Å². The fourth-order valence-electron chi connectivity index (χ4n) is 13.6. The van der Waals surface area contributed by atoms with Crippen molar-refractivity contribution >= 4 is 106 Å². The minimum absolute atomic E-state index is 0.437. The van der Waals surface area contributed by atoms with Crippen LogP contribution in [0.1, 0.15) is 48.7 Å². The van der Waals surface area contributed by atoms with Crippen LogP contribution < -0.4 is 0 Å². The van der Waals surface area contributed by atoms with E-state index in [2.05, 4.69) is 291 Å². The second-order valence-electron chi connectivity index (χ2n) is 20.9. The SMILES string of the molecule is C=Cc1c(/C=C\C)c2c3ccccc3n(-c3cccc(-n4c5ccccc5c5c6ccccc6n(-c6cccc(-n7c8c(c9ccccc97)C(C)CC=C8)c6)c54)c3)c2n1-c1cccc(-n2c3ccccc3c3ccccc32)c1. The quantitative estimate of drug-likeness (QED) is 0.145. The van der Waals surface area contributed by atoms with Crippen LogP contribution >= 0.6 is 0 Å². The van der Waals surface area contributed by atoms with Crippen molar-refractivity contribution in [3.05, 3.63) is 260 Å². The fourth-order valence-corrected chi connectivity index (χ4v) is 13.6. The zero-order chi connectivity index (χ0) is 51.8. The summed E-state index contributed by atoms with van der Waals surface area (Å²) in [4.78, 5) is 0. The molecule has 370 valence electrons. The minimum atomic E-state index is 0.437. The summed E-state index contributed by atoms with van der Waals surface area (Å²) < 4.78 is 14.8. The van der Waals surface area contributed by atoms with E-state index >= 15 is 0 Å². The average molecular weight is 1000 g/mol. The highest BCUT2D eigenvalue weighted by molar-refractivity contribution is 6.22. The van der Waals surface area contributed by atoms with E-state index in [9.17, 15) is 0 Å². The summed E-state index contributed by atoms with van der Waals surface area (Å²) in [5.74, 6) is 0.437. The number of aromatic nitrogens is 6. The maximum absolute atomic E-state index is 4.50. The second-order valence-corrected chi connectivity index (χ2v) is 20.9. The molecule has 6 aromatic heterocycles. The van der Waals surface area contributed by atoms with Crippen molar-refractivity contribution in [2.45, 2.75) is 26.2 Å². The first-order chi connectivity index (χ1) is 38.6. The van der Waals surface area contributed by atoms with Crippen LogP contribution in [0.15, 0.2) is 237 Å². The number of fused-ring (bicyclic) bond motifs is 14. The molecule has 6 heteroatoms. The van der Waals surface area contributed by atoms with Crippen LogP contribution in [-0.2, 0) is 0 Å². The van der Waals surface area contributed by atoms with E-state index < -0.39 is 0 Å². The minimum Gasteiger partial charge on any atom is -0.310 e. The van der Waals surface area contributed by atoms with Gasteiger partial charge in [0.05, 0.1) is 38.8 Å². The lowest BCUT2D eigenvalue weighted by atomic mass is 9.91. The Kier molecular flexibility index (Phi) is 9.64. The Morgan fingerprint density at radius 3 is 1.24 bits per heavy atom. The lowest BCUT2D eigenvalue weighted by molar-refractivity contribution is 0.773. The first kappa shape index (κ1) is 44.3. The van der Waals surface area contributed by atoms with Crippen LogP contribution in [0, 0.1) is 0 Å². The van der Waals surface area contributed by atoms with Gasteiger partial charge in [-0.3, -0.25) is 18.3 Å². The van der Waals surface area contributed by atoms with Crippen LogP contribution in [0.3, 0.4) is 0 Å². The van der Waals surface area contributed by atoms with Gasteiger partial charge in [-0.15, -0.1) is 0 Å². The number of hydrogen-bond acceptors (Lipinski definition) is 0. The van der Waals surface area contributed by atoms with Crippen LogP contribution in [0.4, 0.5) is 0 Å². The number of allylic oxidation sites excluding steroid dienone is 2. The summed E-state index contributed by atoms with van der Waals surface area (Å²) in [7, 11) is 0. The summed E-state index contributed by atoms with van der Waals surface area (Å²) in [6.07, 6.45) is 12.1. The van der Waals surface area contributed by atoms with Crippen molar-refractivity contribution in [1.82, 2.24) is 27.4 Å². The average Bonchev–Trinajstić information content (AvgIpc) is 4.46. The van der Waals surface area contributed by atoms with Gasteiger partial charge in [-0.1, -0.05) is 159 Å². The third-order valence-corrected chi connectivity index (χ3v) is 16.7. The smallest absolute Gasteiger partial charge is 0.131 e. The lowest BCUT2D eigenvalue weighted by Crippen LogP contribution is -2.06. The van der Waals surface area contributed by atoms with E-state index in [-0.39, 0.29) is 0 Å². The standard InChI is InChI=1S/C72H52N6/c1-4-22-55-60(5-2)75(49-26-19-24-47(43-49)73-61-36-12-6-30-53(61)54-31-7-13-37-62(54)73)71-69(55)57-33-9-15-39-64(57)76(71)51-28-21-29-52(45-51)78-66-41-17-11-35-59(66)70-58-34-10-16-40-65(58)77(72(70)78)50-27-20-25-48(44-50)74-63-38-14-8-32-56(63)68-46(3)23-18-42-67(68)74/h4-22,24-46H,2,23H2,1,3H3/b22-4-. The molecule has 1 unspecified atom stereocenters. The van der Waals surface area contributed by atoms with E-state index in [4.69, 9.17) is 0 Å². The molecule has 0 saturated heterocycles. The highest BCUT2D eigenvalue weighted by Gasteiger charge is 2.28. The maximum atomic E-state index is 4.50. The van der Waals surface area contributed by atoms with Crippen LogP contribution in [0.2, 0.25) is 0 Å². The Labute approximate surface area is 450 Å². The molecule has 0 radical (unpaired) electrons. The van der Waals surface area contributed by atoms with Crippen molar-refractivity contribution in [2.75, 3.05) is 0 Å². The fraction of sp³-hybridized carbons (Fsp3) is 0.0556. The molecule has 1 aliphatic rings. The first-order valence-corrected chi connectivity index (χ1v) is 27.2. The predicted octanol–water partition coefficient (Wildman–Crippen LogP) is 18.9. The molecule has 0 amide bonds. The zero-order valence-corrected chi connectivity index (χ0v) is 43.3. The largest absolute Gasteiger partial charge is 0.310 e. The van der Waals surface area contributed by atoms with Crippen LogP contribution in [0.5, 0.6) is 0 Å². The van der Waals surface area contributed by atoms with Crippen molar-refractivity contribution < 1.29 is 0 Å². The molecule has 6 nitrogen and oxygen atoms in total. The highest BCUT2D eigenvalue weighted by Crippen LogP contribution is 2.45. The molecule has 0 fully saturated rings. The van der Waals surface area contributed by atoms with E-state index in [0.29, 0.717) is 5.92 Å². The first-order valence-electron chi connectivity index (χ1n) is 27.2. The van der Waals surface area contributed by atoms with Crippen molar-refractivity contribution in [2.24, 2.45) is 0 Å². The molecule has 0 bridgehead atoms. The monoisotopic (exact) mass is 1000 g/mol. The molecule has 15 aromatic rings. The van der Waals surface area contributed by atoms with Gasteiger partial charge in [0.25, 0.3) is 0 Å². The summed E-state index contributed by atoms with van der Waals surface area (Å²) in [5, 5.41) is 9.83. The molecule has 1 aliphatic carbocycles. The van der Waals surface area contributed by atoms with E-state index in [1.807, 2.05) is 6.08 Å². The summed E-state index contributed by atoms with van der Waals surface area (Å²) in [5.41, 5.74) is 20.6. The van der Waals surface area contributed by atoms with E-state index in [1.165, 1.54) is 70.9 Å². The molecule has 0 spiro atoms. The number of benzene rings is 9. The van der Waals surface area contributed by atoms with Gasteiger partial charge in [0.2, 0.25) is 0 Å². The van der Waals surface area contributed by atoms with Gasteiger partial charge in [0, 0.05) is 88.5 Å². The van der Waals surface area contributed by atoms with Gasteiger partial charge in [-0.05, 0) is 128 Å². The molecule has 0 aliphatic heterocycles. The normalized spacial score (nSPS) is 13.8. The Balaban J connectivity index is 0.946. The summed E-state index contributed by atoms with van der Waals surface area (Å²) >= 11 is 0.